The van der Waals surface area contributed by atoms with Gasteiger partial charge in [0.05, 0.1) is 0 Å². The van der Waals surface area contributed by atoms with Crippen molar-refractivity contribution in [3.8, 4) is 0 Å². The van der Waals surface area contributed by atoms with Gasteiger partial charge in [0.15, 0.2) is 0 Å². The molecule has 1 aromatic carbocycles. The van der Waals surface area contributed by atoms with Crippen molar-refractivity contribution >= 4 is 10.9 Å². The molecule has 0 fully saturated rings. The Morgan fingerprint density at radius 3 is 2.55 bits per heavy atom. The molecule has 1 aliphatic heterocycles. The first-order valence-electron chi connectivity index (χ1n) is 3.57. The maximum Gasteiger partial charge on any atom is 0.00240 e. The largest absolute Gasteiger partial charge is 0.186 e. The number of thiol groups is 1. The minimum atomic E-state index is -0.157. The van der Waals surface area contributed by atoms with Crippen molar-refractivity contribution in [1.29, 1.82) is 0 Å². The Morgan fingerprint density at radius 2 is 1.91 bits per heavy atom. The van der Waals surface area contributed by atoms with Crippen LogP contribution in [0.4, 0.5) is 0 Å². The van der Waals surface area contributed by atoms with Gasteiger partial charge in [0.2, 0.25) is 0 Å². The van der Waals surface area contributed by atoms with Gasteiger partial charge in [-0.25, -0.2) is 0 Å². The summed E-state index contributed by atoms with van der Waals surface area (Å²) in [7, 11) is -0.157. The highest BCUT2D eigenvalue weighted by atomic mass is 32.2. The highest BCUT2D eigenvalue weighted by Gasteiger charge is 2.00. The lowest BCUT2D eigenvalue weighted by Crippen LogP contribution is -1.71. The Hall–Kier alpha value is -0.950. The summed E-state index contributed by atoms with van der Waals surface area (Å²) in [5.41, 5.74) is 0. The van der Waals surface area contributed by atoms with Gasteiger partial charge in [0.1, 0.15) is 0 Å². The third kappa shape index (κ3) is 1.38. The van der Waals surface area contributed by atoms with Crippen molar-refractivity contribution in [1.82, 2.24) is 0 Å². The predicted molar refractivity (Wildman–Crippen MR) is 50.8 cm³/mol. The summed E-state index contributed by atoms with van der Waals surface area (Å²) in [6, 6.07) is 11.4. The molecule has 0 spiro atoms. The quantitative estimate of drug-likeness (QED) is 0.601. The second-order valence-electron chi connectivity index (χ2n) is 2.34. The van der Waals surface area contributed by atoms with Gasteiger partial charge in [-0.1, -0.05) is 30.4 Å². The summed E-state index contributed by atoms with van der Waals surface area (Å²) in [5.74, 6) is 0. The van der Waals surface area contributed by atoms with Crippen molar-refractivity contribution in [3.63, 3.8) is 0 Å². The normalized spacial score (nSPS) is 17.6. The van der Waals surface area contributed by atoms with Crippen molar-refractivity contribution in [3.05, 3.63) is 53.3 Å². The van der Waals surface area contributed by atoms with Crippen LogP contribution in [0, 0.1) is 6.07 Å². The van der Waals surface area contributed by atoms with E-state index in [-0.39, 0.29) is 10.9 Å². The van der Waals surface area contributed by atoms with Crippen molar-refractivity contribution in [2.75, 3.05) is 0 Å². The third-order valence-corrected chi connectivity index (χ3v) is 3.40. The minimum Gasteiger partial charge on any atom is -0.186 e. The van der Waals surface area contributed by atoms with Gasteiger partial charge in [-0.2, -0.15) is 10.9 Å². The van der Waals surface area contributed by atoms with E-state index in [0.29, 0.717) is 0 Å². The molecule has 0 bridgehead atoms. The Bertz CT molecular complexity index is 273. The Labute approximate surface area is 69.6 Å². The number of allylic oxidation sites excluding steroid dienone is 2. The Morgan fingerprint density at radius 1 is 1.09 bits per heavy atom. The Kier molecular flexibility index (Phi) is 1.82. The van der Waals surface area contributed by atoms with E-state index in [9.17, 15) is 0 Å². The molecule has 0 amide bonds. The molecule has 0 atom stereocenters. The van der Waals surface area contributed by atoms with Crippen molar-refractivity contribution in [2.45, 2.75) is 4.90 Å². The zero-order chi connectivity index (χ0) is 7.52. The summed E-state index contributed by atoms with van der Waals surface area (Å²) in [6.07, 6.45) is 4.21. The molecule has 11 heavy (non-hydrogen) atoms. The predicted octanol–water partition coefficient (Wildman–Crippen LogP) is 2.89. The van der Waals surface area contributed by atoms with Crippen LogP contribution in [0.25, 0.3) is 0 Å². The van der Waals surface area contributed by atoms with Gasteiger partial charge in [-0.15, -0.1) is 0 Å². The number of benzene rings is 1. The van der Waals surface area contributed by atoms with Gasteiger partial charge in [0, 0.05) is 4.90 Å². The summed E-state index contributed by atoms with van der Waals surface area (Å²) in [6.45, 7) is 0. The first kappa shape index (κ1) is 6.74. The molecule has 0 aromatic heterocycles. The molecule has 1 aromatic rings. The van der Waals surface area contributed by atoms with Gasteiger partial charge in [-0.3, -0.25) is 0 Å². The van der Waals surface area contributed by atoms with Crippen LogP contribution in [0.15, 0.2) is 52.1 Å². The molecule has 1 aliphatic rings. The fraction of sp³-hybridized carbons (Fsp3) is 0. The number of hydrogen-bond acceptors (Lipinski definition) is 0. The molecule has 1 heteroatoms. The van der Waals surface area contributed by atoms with Crippen LogP contribution in [0.2, 0.25) is 0 Å². The molecular weight excluding hydrogens is 152 g/mol. The van der Waals surface area contributed by atoms with Gasteiger partial charge in [-0.05, 0) is 22.9 Å². The van der Waals surface area contributed by atoms with E-state index >= 15 is 0 Å². The van der Waals surface area contributed by atoms with Crippen molar-refractivity contribution in [2.24, 2.45) is 0 Å². The summed E-state index contributed by atoms with van der Waals surface area (Å²) < 4.78 is 0. The SMILES string of the molecule is [c]1ccccc1[SH]1C=CC=C1. The monoisotopic (exact) mass is 161 g/mol. The molecule has 0 saturated heterocycles. The van der Waals surface area contributed by atoms with E-state index in [4.69, 9.17) is 0 Å². The molecule has 0 aliphatic carbocycles. The zero-order valence-corrected chi connectivity index (χ0v) is 6.96. The van der Waals surface area contributed by atoms with Crippen LogP contribution >= 0.6 is 10.9 Å². The van der Waals surface area contributed by atoms with Crippen LogP contribution in [0.1, 0.15) is 0 Å². The van der Waals surface area contributed by atoms with Gasteiger partial charge >= 0.3 is 0 Å². The molecule has 2 rings (SSSR count). The van der Waals surface area contributed by atoms with Crippen LogP contribution in [-0.4, -0.2) is 0 Å². The maximum absolute atomic E-state index is 3.24. The smallest absolute Gasteiger partial charge is 0.00240 e. The molecular formula is C10H9S. The first-order chi connectivity index (χ1) is 5.47. The van der Waals surface area contributed by atoms with E-state index in [1.54, 1.807) is 0 Å². The molecule has 55 valence electrons. The van der Waals surface area contributed by atoms with E-state index in [1.807, 2.05) is 12.1 Å². The minimum absolute atomic E-state index is 0.157. The zero-order valence-electron chi connectivity index (χ0n) is 6.07. The van der Waals surface area contributed by atoms with Crippen LogP contribution in [0.5, 0.6) is 0 Å². The lowest BCUT2D eigenvalue weighted by molar-refractivity contribution is 1.45. The number of rotatable bonds is 1. The average molecular weight is 161 g/mol. The van der Waals surface area contributed by atoms with Crippen LogP contribution in [-0.2, 0) is 0 Å². The highest BCUT2D eigenvalue weighted by Crippen LogP contribution is 2.40. The fourth-order valence-corrected chi connectivity index (χ4v) is 2.51. The van der Waals surface area contributed by atoms with Crippen LogP contribution < -0.4 is 0 Å². The van der Waals surface area contributed by atoms with E-state index in [2.05, 4.69) is 41.2 Å². The molecule has 1 radical (unpaired) electrons. The second kappa shape index (κ2) is 2.97. The lowest BCUT2D eigenvalue weighted by Gasteiger charge is -2.07. The number of hydrogen-bond donors (Lipinski definition) is 1. The van der Waals surface area contributed by atoms with E-state index in [0.717, 1.165) is 0 Å². The topological polar surface area (TPSA) is 0 Å². The molecule has 0 N–H and O–H groups in total. The van der Waals surface area contributed by atoms with E-state index in [1.165, 1.54) is 4.90 Å². The van der Waals surface area contributed by atoms with E-state index < -0.39 is 0 Å². The Balaban J connectivity index is 2.30. The maximum atomic E-state index is 3.24. The molecule has 0 unspecified atom stereocenters. The van der Waals surface area contributed by atoms with Gasteiger partial charge < -0.3 is 0 Å². The molecule has 0 nitrogen and oxygen atoms in total. The second-order valence-corrected chi connectivity index (χ2v) is 4.23. The van der Waals surface area contributed by atoms with Crippen molar-refractivity contribution < 1.29 is 0 Å². The first-order valence-corrected chi connectivity index (χ1v) is 5.05. The lowest BCUT2D eigenvalue weighted by atomic mass is 10.4. The van der Waals surface area contributed by atoms with Gasteiger partial charge in [0.25, 0.3) is 0 Å². The fourth-order valence-electron chi connectivity index (χ4n) is 1.04. The summed E-state index contributed by atoms with van der Waals surface area (Å²) in [5, 5.41) is 4.47. The summed E-state index contributed by atoms with van der Waals surface area (Å²) >= 11 is 0. The third-order valence-electron chi connectivity index (χ3n) is 1.58. The molecule has 1 heterocycles. The summed E-state index contributed by atoms with van der Waals surface area (Å²) in [4.78, 5) is 1.31. The molecule has 0 saturated carbocycles. The average Bonchev–Trinajstić information content (AvgIpc) is 2.58. The standard InChI is InChI=1S/C10H9S/c1-2-6-10(7-3-1)11-8-4-5-9-11/h1-6,8-9,11H. The van der Waals surface area contributed by atoms with Crippen LogP contribution in [0.3, 0.4) is 0 Å². The highest BCUT2D eigenvalue weighted by molar-refractivity contribution is 8.22.